The Hall–Kier alpha value is -1.55. The van der Waals surface area contributed by atoms with Gasteiger partial charge in [0.15, 0.2) is 0 Å². The van der Waals surface area contributed by atoms with Crippen molar-refractivity contribution in [3.05, 3.63) is 24.0 Å². The summed E-state index contributed by atoms with van der Waals surface area (Å²) in [6.07, 6.45) is 4.77. The van der Waals surface area contributed by atoms with Crippen LogP contribution in [0.5, 0.6) is 0 Å². The molecule has 2 aromatic rings. The van der Waals surface area contributed by atoms with Gasteiger partial charge in [0.1, 0.15) is 5.82 Å². The maximum atomic E-state index is 5.86. The molecule has 19 heavy (non-hydrogen) atoms. The van der Waals surface area contributed by atoms with Gasteiger partial charge in [-0.1, -0.05) is 6.92 Å². The molecule has 4 heteroatoms. The second-order valence-corrected chi connectivity index (χ2v) is 5.27. The molecule has 1 aromatic carbocycles. The summed E-state index contributed by atoms with van der Waals surface area (Å²) in [4.78, 5) is 4.73. The van der Waals surface area contributed by atoms with Gasteiger partial charge in [-0.25, -0.2) is 4.98 Å². The zero-order chi connectivity index (χ0) is 13.4. The number of benzene rings is 1. The standard InChI is InChI=1S/C15H21N3O/c1-3-15-17-11-9-10(16)7-8-12(11)18(15)13-5-4-6-14(13)19-2/h7-9,13-14H,3-6,16H2,1-2H3. The zero-order valence-electron chi connectivity index (χ0n) is 11.6. The second-order valence-electron chi connectivity index (χ2n) is 5.27. The molecule has 1 heterocycles. The van der Waals surface area contributed by atoms with E-state index in [0.717, 1.165) is 29.9 Å². The molecule has 2 atom stereocenters. The van der Waals surface area contributed by atoms with Crippen molar-refractivity contribution in [2.45, 2.75) is 44.8 Å². The number of ether oxygens (including phenoxy) is 1. The highest BCUT2D eigenvalue weighted by molar-refractivity contribution is 5.79. The molecular formula is C15H21N3O. The van der Waals surface area contributed by atoms with Gasteiger partial charge in [-0.05, 0) is 37.5 Å². The fourth-order valence-electron chi connectivity index (χ4n) is 3.26. The predicted octanol–water partition coefficient (Wildman–Crippen LogP) is 2.92. The molecule has 1 saturated carbocycles. The first-order valence-corrected chi connectivity index (χ1v) is 7.03. The summed E-state index contributed by atoms with van der Waals surface area (Å²) in [6.45, 7) is 2.15. The SMILES string of the molecule is CCc1nc2cc(N)ccc2n1C1CCCC1OC. The van der Waals surface area contributed by atoms with E-state index < -0.39 is 0 Å². The summed E-state index contributed by atoms with van der Waals surface area (Å²) in [7, 11) is 1.81. The topological polar surface area (TPSA) is 53.1 Å². The number of fused-ring (bicyclic) bond motifs is 1. The van der Waals surface area contributed by atoms with Crippen LogP contribution in [0.25, 0.3) is 11.0 Å². The van der Waals surface area contributed by atoms with Gasteiger partial charge in [0.25, 0.3) is 0 Å². The zero-order valence-corrected chi connectivity index (χ0v) is 11.6. The number of nitrogens with zero attached hydrogens (tertiary/aromatic N) is 2. The Morgan fingerprint density at radius 1 is 1.42 bits per heavy atom. The molecule has 1 aliphatic carbocycles. The van der Waals surface area contributed by atoms with Crippen LogP contribution in [0.15, 0.2) is 18.2 Å². The molecular weight excluding hydrogens is 238 g/mol. The second kappa shape index (κ2) is 4.85. The molecule has 2 N–H and O–H groups in total. The fraction of sp³-hybridized carbons (Fsp3) is 0.533. The molecule has 0 radical (unpaired) electrons. The third-order valence-electron chi connectivity index (χ3n) is 4.15. The molecule has 4 nitrogen and oxygen atoms in total. The lowest BCUT2D eigenvalue weighted by Gasteiger charge is -2.22. The van der Waals surface area contributed by atoms with Gasteiger partial charge in [0.05, 0.1) is 23.2 Å². The third kappa shape index (κ3) is 2.00. The Kier molecular flexibility index (Phi) is 3.19. The van der Waals surface area contributed by atoms with Crippen molar-refractivity contribution in [1.29, 1.82) is 0 Å². The maximum absolute atomic E-state index is 5.86. The number of aryl methyl sites for hydroxylation is 1. The first-order chi connectivity index (χ1) is 9.24. The van der Waals surface area contributed by atoms with Crippen LogP contribution in [0.1, 0.15) is 38.1 Å². The normalized spacial score (nSPS) is 23.3. The summed E-state index contributed by atoms with van der Waals surface area (Å²) in [6, 6.07) is 6.41. The van der Waals surface area contributed by atoms with E-state index >= 15 is 0 Å². The number of aromatic nitrogens is 2. The summed E-state index contributed by atoms with van der Waals surface area (Å²) in [5.74, 6) is 1.13. The molecule has 3 rings (SSSR count). The number of hydrogen-bond donors (Lipinski definition) is 1. The van der Waals surface area contributed by atoms with Crippen LogP contribution >= 0.6 is 0 Å². The van der Waals surface area contributed by atoms with Gasteiger partial charge < -0.3 is 15.0 Å². The van der Waals surface area contributed by atoms with Crippen molar-refractivity contribution in [2.75, 3.05) is 12.8 Å². The molecule has 102 valence electrons. The molecule has 1 fully saturated rings. The molecule has 0 amide bonds. The quantitative estimate of drug-likeness (QED) is 0.862. The Labute approximate surface area is 113 Å². The minimum atomic E-state index is 0.306. The Balaban J connectivity index is 2.15. The molecule has 0 bridgehead atoms. The Morgan fingerprint density at radius 3 is 3.00 bits per heavy atom. The van der Waals surface area contributed by atoms with E-state index in [2.05, 4.69) is 17.6 Å². The van der Waals surface area contributed by atoms with Crippen molar-refractivity contribution >= 4 is 16.7 Å². The molecule has 1 aliphatic rings. The highest BCUT2D eigenvalue weighted by Gasteiger charge is 2.31. The highest BCUT2D eigenvalue weighted by atomic mass is 16.5. The first-order valence-electron chi connectivity index (χ1n) is 7.03. The van der Waals surface area contributed by atoms with Gasteiger partial charge >= 0.3 is 0 Å². The first kappa shape index (κ1) is 12.5. The number of methoxy groups -OCH3 is 1. The largest absolute Gasteiger partial charge is 0.399 e. The van der Waals surface area contributed by atoms with E-state index in [-0.39, 0.29) is 0 Å². The van der Waals surface area contributed by atoms with Crippen LogP contribution in [-0.2, 0) is 11.2 Å². The maximum Gasteiger partial charge on any atom is 0.109 e. The number of rotatable bonds is 3. The summed E-state index contributed by atoms with van der Waals surface area (Å²) in [5, 5.41) is 0. The van der Waals surface area contributed by atoms with E-state index in [1.165, 1.54) is 18.4 Å². The fourth-order valence-corrected chi connectivity index (χ4v) is 3.26. The summed E-state index contributed by atoms with van der Waals surface area (Å²) in [5.41, 5.74) is 8.81. The van der Waals surface area contributed by atoms with Crippen molar-refractivity contribution in [3.8, 4) is 0 Å². The minimum Gasteiger partial charge on any atom is -0.399 e. The van der Waals surface area contributed by atoms with Gasteiger partial charge in [-0.15, -0.1) is 0 Å². The summed E-state index contributed by atoms with van der Waals surface area (Å²) < 4.78 is 8.02. The average molecular weight is 259 g/mol. The number of imidazole rings is 1. The van der Waals surface area contributed by atoms with Crippen LogP contribution in [0.2, 0.25) is 0 Å². The van der Waals surface area contributed by atoms with E-state index in [1.807, 2.05) is 19.2 Å². The van der Waals surface area contributed by atoms with Crippen LogP contribution in [0.3, 0.4) is 0 Å². The number of nitrogen functional groups attached to an aromatic ring is 1. The average Bonchev–Trinajstić information content (AvgIpc) is 3.00. The predicted molar refractivity (Wildman–Crippen MR) is 77.2 cm³/mol. The van der Waals surface area contributed by atoms with Crippen LogP contribution < -0.4 is 5.73 Å². The van der Waals surface area contributed by atoms with Crippen molar-refractivity contribution in [3.63, 3.8) is 0 Å². The van der Waals surface area contributed by atoms with Gasteiger partial charge in [0, 0.05) is 19.2 Å². The van der Waals surface area contributed by atoms with Gasteiger partial charge in [-0.3, -0.25) is 0 Å². The molecule has 0 saturated heterocycles. The number of nitrogens with two attached hydrogens (primary N) is 1. The van der Waals surface area contributed by atoms with E-state index in [0.29, 0.717) is 12.1 Å². The molecule has 0 aliphatic heterocycles. The van der Waals surface area contributed by atoms with Crippen molar-refractivity contribution < 1.29 is 4.74 Å². The van der Waals surface area contributed by atoms with Gasteiger partial charge in [0.2, 0.25) is 0 Å². The van der Waals surface area contributed by atoms with Crippen molar-refractivity contribution in [1.82, 2.24) is 9.55 Å². The molecule has 1 aromatic heterocycles. The summed E-state index contributed by atoms with van der Waals surface area (Å²) >= 11 is 0. The Bertz CT molecular complexity index is 590. The van der Waals surface area contributed by atoms with E-state index in [4.69, 9.17) is 15.5 Å². The smallest absolute Gasteiger partial charge is 0.109 e. The number of anilines is 1. The third-order valence-corrected chi connectivity index (χ3v) is 4.15. The van der Waals surface area contributed by atoms with E-state index in [9.17, 15) is 0 Å². The molecule has 2 unspecified atom stereocenters. The lowest BCUT2D eigenvalue weighted by atomic mass is 10.2. The molecule has 0 spiro atoms. The minimum absolute atomic E-state index is 0.306. The number of hydrogen-bond acceptors (Lipinski definition) is 3. The Morgan fingerprint density at radius 2 is 2.26 bits per heavy atom. The van der Waals surface area contributed by atoms with Crippen molar-refractivity contribution in [2.24, 2.45) is 0 Å². The van der Waals surface area contributed by atoms with E-state index in [1.54, 1.807) is 0 Å². The van der Waals surface area contributed by atoms with Gasteiger partial charge in [-0.2, -0.15) is 0 Å². The lowest BCUT2D eigenvalue weighted by Crippen LogP contribution is -2.22. The van der Waals surface area contributed by atoms with Crippen LogP contribution in [0, 0.1) is 0 Å². The highest BCUT2D eigenvalue weighted by Crippen LogP contribution is 2.36. The monoisotopic (exact) mass is 259 g/mol. The van der Waals surface area contributed by atoms with Crippen LogP contribution in [-0.4, -0.2) is 22.8 Å². The lowest BCUT2D eigenvalue weighted by molar-refractivity contribution is 0.0753. The van der Waals surface area contributed by atoms with Crippen LogP contribution in [0.4, 0.5) is 5.69 Å².